The average molecular weight is 211 g/mol. The number of aliphatic hydroxyl groups is 1. The molecule has 74 valence electrons. The highest BCUT2D eigenvalue weighted by Crippen LogP contribution is 2.27. The lowest BCUT2D eigenvalue weighted by Crippen LogP contribution is -2.30. The lowest BCUT2D eigenvalue weighted by Gasteiger charge is -2.26. The molecule has 2 nitrogen and oxygen atoms in total. The van der Waals surface area contributed by atoms with Crippen molar-refractivity contribution in [2.24, 2.45) is 0 Å². The van der Waals surface area contributed by atoms with Crippen molar-refractivity contribution in [2.75, 3.05) is 12.5 Å². The predicted molar refractivity (Wildman–Crippen MR) is 55.4 cm³/mol. The summed E-state index contributed by atoms with van der Waals surface area (Å²) < 4.78 is 5.56. The fraction of sp³-hybridized carbons (Fsp3) is 1.00. The van der Waals surface area contributed by atoms with Gasteiger partial charge in [-0.05, 0) is 11.6 Å². The first-order chi connectivity index (χ1) is 5.38. The highest BCUT2D eigenvalue weighted by Gasteiger charge is 2.23. The summed E-state index contributed by atoms with van der Waals surface area (Å²) in [6, 6.07) is 0. The minimum absolute atomic E-state index is 0.255. The number of alkyl halides is 1. The van der Waals surface area contributed by atoms with Gasteiger partial charge in [0.25, 0.3) is 0 Å². The largest absolute Gasteiger partial charge is 0.417 e. The van der Waals surface area contributed by atoms with Crippen LogP contribution in [0.3, 0.4) is 0 Å². The maximum absolute atomic E-state index is 9.14. The molecule has 0 aromatic rings. The van der Waals surface area contributed by atoms with Crippen LogP contribution in [-0.2, 0) is 4.43 Å². The van der Waals surface area contributed by atoms with Crippen LogP contribution in [0.25, 0.3) is 0 Å². The third-order valence-corrected chi connectivity index (χ3v) is 5.42. The Bertz CT molecular complexity index is 125. The zero-order valence-electron chi connectivity index (χ0n) is 8.30. The molecule has 0 aliphatic rings. The van der Waals surface area contributed by atoms with Crippen LogP contribution in [0.2, 0.25) is 11.6 Å². The summed E-state index contributed by atoms with van der Waals surface area (Å²) in [5, 5.41) is 9.39. The van der Waals surface area contributed by atoms with Crippen molar-refractivity contribution in [3.63, 3.8) is 0 Å². The Balaban J connectivity index is 3.64. The SMILES string of the molecule is C[SiH](OC[C@@H](O)CCl)C(C)(C)C. The highest BCUT2D eigenvalue weighted by molar-refractivity contribution is 6.53. The van der Waals surface area contributed by atoms with Crippen molar-refractivity contribution in [1.82, 2.24) is 0 Å². The number of hydrogen-bond acceptors (Lipinski definition) is 2. The predicted octanol–water partition coefficient (Wildman–Crippen LogP) is 1.76. The molecule has 0 heterocycles. The second-order valence-electron chi connectivity index (χ2n) is 4.15. The Morgan fingerprint density at radius 2 is 2.00 bits per heavy atom. The van der Waals surface area contributed by atoms with Gasteiger partial charge in [0.1, 0.15) is 0 Å². The summed E-state index contributed by atoms with van der Waals surface area (Å²) in [4.78, 5) is 0. The van der Waals surface area contributed by atoms with Gasteiger partial charge in [0.05, 0.1) is 18.6 Å². The molecule has 0 aromatic heterocycles. The molecule has 0 fully saturated rings. The van der Waals surface area contributed by atoms with Gasteiger partial charge in [0.15, 0.2) is 9.04 Å². The molecule has 0 spiro atoms. The van der Waals surface area contributed by atoms with Crippen LogP contribution < -0.4 is 0 Å². The quantitative estimate of drug-likeness (QED) is 0.566. The molecule has 0 saturated carbocycles. The van der Waals surface area contributed by atoms with Crippen molar-refractivity contribution in [1.29, 1.82) is 0 Å². The second kappa shape index (κ2) is 5.22. The van der Waals surface area contributed by atoms with E-state index in [2.05, 4.69) is 27.3 Å². The Morgan fingerprint density at radius 3 is 2.33 bits per heavy atom. The molecular formula is C8H19ClO2Si. The van der Waals surface area contributed by atoms with Gasteiger partial charge >= 0.3 is 0 Å². The highest BCUT2D eigenvalue weighted by atomic mass is 35.5. The number of hydrogen-bond donors (Lipinski definition) is 1. The van der Waals surface area contributed by atoms with Crippen LogP contribution in [-0.4, -0.2) is 32.7 Å². The fourth-order valence-electron chi connectivity index (χ4n) is 0.550. The van der Waals surface area contributed by atoms with Gasteiger partial charge in [0.2, 0.25) is 0 Å². The zero-order chi connectivity index (χ0) is 9.78. The first-order valence-corrected chi connectivity index (χ1v) is 6.97. The molecule has 0 amide bonds. The second-order valence-corrected chi connectivity index (χ2v) is 7.81. The van der Waals surface area contributed by atoms with Crippen molar-refractivity contribution < 1.29 is 9.53 Å². The normalized spacial score (nSPS) is 17.5. The Labute approximate surface area is 81.6 Å². The maximum atomic E-state index is 9.14. The first-order valence-electron chi connectivity index (χ1n) is 4.23. The molecule has 12 heavy (non-hydrogen) atoms. The zero-order valence-corrected chi connectivity index (χ0v) is 10.2. The van der Waals surface area contributed by atoms with E-state index in [1.165, 1.54) is 0 Å². The van der Waals surface area contributed by atoms with Crippen LogP contribution in [0.5, 0.6) is 0 Å². The minimum atomic E-state index is -1.18. The molecule has 0 bridgehead atoms. The van der Waals surface area contributed by atoms with Crippen molar-refractivity contribution in [2.45, 2.75) is 38.5 Å². The van der Waals surface area contributed by atoms with E-state index in [1.807, 2.05) is 0 Å². The fourth-order valence-corrected chi connectivity index (χ4v) is 1.65. The van der Waals surface area contributed by atoms with E-state index >= 15 is 0 Å². The summed E-state index contributed by atoms with van der Waals surface area (Å²) in [7, 11) is -1.18. The van der Waals surface area contributed by atoms with Gasteiger partial charge in [-0.1, -0.05) is 20.8 Å². The lowest BCUT2D eigenvalue weighted by atomic mass is 10.3. The average Bonchev–Trinajstić information content (AvgIpc) is 1.97. The van der Waals surface area contributed by atoms with Gasteiger partial charge < -0.3 is 9.53 Å². The smallest absolute Gasteiger partial charge is 0.179 e. The molecule has 0 aliphatic heterocycles. The van der Waals surface area contributed by atoms with E-state index < -0.39 is 15.1 Å². The van der Waals surface area contributed by atoms with E-state index in [0.717, 1.165) is 0 Å². The molecular weight excluding hydrogens is 192 g/mol. The molecule has 4 heteroatoms. The van der Waals surface area contributed by atoms with E-state index in [1.54, 1.807) is 0 Å². The summed E-state index contributed by atoms with van der Waals surface area (Å²) in [6.45, 7) is 9.01. The molecule has 1 N–H and O–H groups in total. The Morgan fingerprint density at radius 1 is 1.50 bits per heavy atom. The van der Waals surface area contributed by atoms with Gasteiger partial charge in [-0.15, -0.1) is 11.6 Å². The summed E-state index contributed by atoms with van der Waals surface area (Å²) in [5.41, 5.74) is 0. The van der Waals surface area contributed by atoms with E-state index in [9.17, 15) is 0 Å². The first kappa shape index (κ1) is 12.4. The van der Waals surface area contributed by atoms with Crippen LogP contribution in [0.4, 0.5) is 0 Å². The van der Waals surface area contributed by atoms with Crippen molar-refractivity contribution >= 4 is 20.6 Å². The lowest BCUT2D eigenvalue weighted by molar-refractivity contribution is 0.122. The van der Waals surface area contributed by atoms with Gasteiger partial charge in [-0.2, -0.15) is 0 Å². The molecule has 0 aromatic carbocycles. The monoisotopic (exact) mass is 210 g/mol. The van der Waals surface area contributed by atoms with Crippen LogP contribution in [0, 0.1) is 0 Å². The van der Waals surface area contributed by atoms with Gasteiger partial charge in [-0.25, -0.2) is 0 Å². The molecule has 0 rings (SSSR count). The van der Waals surface area contributed by atoms with Crippen molar-refractivity contribution in [3.05, 3.63) is 0 Å². The molecule has 0 saturated heterocycles. The standard InChI is InChI=1S/C8H19ClO2Si/c1-8(2,3)12(4)11-6-7(10)5-9/h7,10,12H,5-6H2,1-4H3/t7-,12?/m0/s1. The third-order valence-electron chi connectivity index (χ3n) is 1.94. The summed E-state index contributed by atoms with van der Waals surface area (Å²) >= 11 is 5.44. The Kier molecular flexibility index (Phi) is 5.41. The van der Waals surface area contributed by atoms with Gasteiger partial charge in [-0.3, -0.25) is 0 Å². The maximum Gasteiger partial charge on any atom is 0.179 e. The molecule has 0 radical (unpaired) electrons. The number of aliphatic hydroxyl groups excluding tert-OH is 1. The molecule has 2 atom stereocenters. The van der Waals surface area contributed by atoms with E-state index in [4.69, 9.17) is 21.1 Å². The van der Waals surface area contributed by atoms with E-state index in [-0.39, 0.29) is 10.9 Å². The van der Waals surface area contributed by atoms with Crippen molar-refractivity contribution in [3.8, 4) is 0 Å². The third kappa shape index (κ3) is 5.14. The molecule has 0 aliphatic carbocycles. The summed E-state index contributed by atoms with van der Waals surface area (Å²) in [5.74, 6) is 0.255. The topological polar surface area (TPSA) is 29.5 Å². The van der Waals surface area contributed by atoms with Crippen LogP contribution in [0.1, 0.15) is 20.8 Å². The van der Waals surface area contributed by atoms with Crippen LogP contribution in [0.15, 0.2) is 0 Å². The Hall–Kier alpha value is 0.427. The van der Waals surface area contributed by atoms with E-state index in [0.29, 0.717) is 6.61 Å². The number of rotatable bonds is 4. The number of halogens is 1. The summed E-state index contributed by atoms with van der Waals surface area (Å²) in [6.07, 6.45) is -0.510. The minimum Gasteiger partial charge on any atom is -0.417 e. The van der Waals surface area contributed by atoms with Gasteiger partial charge in [0, 0.05) is 0 Å². The molecule has 1 unspecified atom stereocenters. The van der Waals surface area contributed by atoms with Crippen LogP contribution >= 0.6 is 11.6 Å².